The van der Waals surface area contributed by atoms with Gasteiger partial charge >= 0.3 is 0 Å². The van der Waals surface area contributed by atoms with Crippen molar-refractivity contribution in [2.75, 3.05) is 11.1 Å². The Kier molecular flexibility index (Phi) is 2.49. The summed E-state index contributed by atoms with van der Waals surface area (Å²) >= 11 is 0. The molecule has 0 radical (unpaired) electrons. The van der Waals surface area contributed by atoms with Crippen LogP contribution >= 0.6 is 0 Å². The number of fused-ring (bicyclic) bond motifs is 1. The second-order valence-electron chi connectivity index (χ2n) is 5.40. The summed E-state index contributed by atoms with van der Waals surface area (Å²) < 4.78 is 0. The maximum absolute atomic E-state index is 5.86. The number of hydrogen-bond donors (Lipinski definition) is 2. The molecule has 100 valence electrons. The quantitative estimate of drug-likeness (QED) is 0.894. The lowest BCUT2D eigenvalue weighted by Crippen LogP contribution is -2.06. The molecule has 1 heterocycles. The van der Waals surface area contributed by atoms with Crippen molar-refractivity contribution >= 4 is 17.8 Å². The van der Waals surface area contributed by atoms with Crippen LogP contribution in [0.15, 0.2) is 30.3 Å². The summed E-state index contributed by atoms with van der Waals surface area (Å²) in [7, 11) is 0. The molecule has 4 nitrogen and oxygen atoms in total. The van der Waals surface area contributed by atoms with Gasteiger partial charge in [-0.1, -0.05) is 30.4 Å². The van der Waals surface area contributed by atoms with Crippen molar-refractivity contribution < 1.29 is 0 Å². The lowest BCUT2D eigenvalue weighted by atomic mass is 10.0. The molecule has 0 bridgehead atoms. The minimum atomic E-state index is 0.324. The number of rotatable bonds is 3. The van der Waals surface area contributed by atoms with Crippen LogP contribution in [-0.4, -0.2) is 16.0 Å². The average Bonchev–Trinajstić information content (AvgIpc) is 3.11. The zero-order valence-corrected chi connectivity index (χ0v) is 11.1. The lowest BCUT2D eigenvalue weighted by Gasteiger charge is -2.10. The number of anilines is 2. The highest BCUT2D eigenvalue weighted by atomic mass is 15.1. The van der Waals surface area contributed by atoms with Gasteiger partial charge < -0.3 is 11.1 Å². The van der Waals surface area contributed by atoms with E-state index in [0.717, 1.165) is 23.5 Å². The van der Waals surface area contributed by atoms with Crippen molar-refractivity contribution in [2.24, 2.45) is 0 Å². The van der Waals surface area contributed by atoms with E-state index in [9.17, 15) is 0 Å². The van der Waals surface area contributed by atoms with Crippen LogP contribution in [-0.2, 0) is 6.42 Å². The van der Waals surface area contributed by atoms with E-state index in [2.05, 4.69) is 45.6 Å². The molecular weight excluding hydrogens is 248 g/mol. The van der Waals surface area contributed by atoms with Gasteiger partial charge in [-0.05, 0) is 30.4 Å². The molecule has 4 rings (SSSR count). The zero-order chi connectivity index (χ0) is 13.5. The Morgan fingerprint density at radius 1 is 1.20 bits per heavy atom. The Bertz CT molecular complexity index is 702. The second-order valence-corrected chi connectivity index (χ2v) is 5.40. The standard InChI is InChI=1S/C16H16N4/c17-16-19-14(9-15(20-16)18-11-7-8-11)13-6-2-4-10-3-1-5-12(10)13/h1-2,4-6,9,11H,3,7-8H2,(H3,17,18,19,20). The first kappa shape index (κ1) is 11.5. The fourth-order valence-electron chi connectivity index (χ4n) is 2.63. The van der Waals surface area contributed by atoms with Crippen LogP contribution in [0.3, 0.4) is 0 Å². The van der Waals surface area contributed by atoms with Gasteiger partial charge in [0.2, 0.25) is 5.95 Å². The Balaban J connectivity index is 1.79. The molecule has 0 saturated heterocycles. The maximum Gasteiger partial charge on any atom is 0.222 e. The molecule has 1 aromatic carbocycles. The highest BCUT2D eigenvalue weighted by molar-refractivity contribution is 5.79. The van der Waals surface area contributed by atoms with E-state index in [1.807, 2.05) is 6.07 Å². The number of benzene rings is 1. The van der Waals surface area contributed by atoms with Crippen LogP contribution in [0.2, 0.25) is 0 Å². The van der Waals surface area contributed by atoms with Gasteiger partial charge in [0.15, 0.2) is 0 Å². The van der Waals surface area contributed by atoms with Gasteiger partial charge in [-0.25, -0.2) is 4.98 Å². The molecule has 0 aliphatic heterocycles. The van der Waals surface area contributed by atoms with Crippen molar-refractivity contribution in [3.63, 3.8) is 0 Å². The first-order valence-corrected chi connectivity index (χ1v) is 6.99. The van der Waals surface area contributed by atoms with Gasteiger partial charge in [-0.2, -0.15) is 4.98 Å². The predicted octanol–water partition coefficient (Wildman–Crippen LogP) is 2.87. The summed E-state index contributed by atoms with van der Waals surface area (Å²) in [5, 5.41) is 3.39. The predicted molar refractivity (Wildman–Crippen MR) is 81.3 cm³/mol. The van der Waals surface area contributed by atoms with Crippen molar-refractivity contribution in [1.29, 1.82) is 0 Å². The van der Waals surface area contributed by atoms with Crippen LogP contribution < -0.4 is 11.1 Å². The summed E-state index contributed by atoms with van der Waals surface area (Å²) in [4.78, 5) is 8.67. The third-order valence-electron chi connectivity index (χ3n) is 3.77. The van der Waals surface area contributed by atoms with Crippen LogP contribution in [0, 0.1) is 0 Å². The fourth-order valence-corrected chi connectivity index (χ4v) is 2.63. The van der Waals surface area contributed by atoms with E-state index in [-0.39, 0.29) is 0 Å². The van der Waals surface area contributed by atoms with Crippen LogP contribution in [0.5, 0.6) is 0 Å². The first-order chi connectivity index (χ1) is 9.79. The molecule has 0 amide bonds. The average molecular weight is 264 g/mol. The maximum atomic E-state index is 5.86. The molecule has 0 atom stereocenters. The van der Waals surface area contributed by atoms with Gasteiger partial charge in [-0.15, -0.1) is 0 Å². The molecular formula is C16H16N4. The monoisotopic (exact) mass is 264 g/mol. The minimum absolute atomic E-state index is 0.324. The third-order valence-corrected chi connectivity index (χ3v) is 3.77. The van der Waals surface area contributed by atoms with Gasteiger partial charge in [0.25, 0.3) is 0 Å². The number of nitrogens with zero attached hydrogens (tertiary/aromatic N) is 2. The highest BCUT2D eigenvalue weighted by Gasteiger charge is 2.22. The van der Waals surface area contributed by atoms with Crippen molar-refractivity contribution in [1.82, 2.24) is 9.97 Å². The van der Waals surface area contributed by atoms with Crippen molar-refractivity contribution in [2.45, 2.75) is 25.3 Å². The molecule has 1 aromatic heterocycles. The van der Waals surface area contributed by atoms with E-state index in [0.29, 0.717) is 12.0 Å². The summed E-state index contributed by atoms with van der Waals surface area (Å²) in [5.74, 6) is 1.15. The molecule has 1 fully saturated rings. The Hall–Kier alpha value is -2.36. The summed E-state index contributed by atoms with van der Waals surface area (Å²) in [6.45, 7) is 0. The molecule has 2 aliphatic carbocycles. The SMILES string of the molecule is Nc1nc(NC2CC2)cc(-c2cccc3c2C=CC3)n1. The van der Waals surface area contributed by atoms with Crippen LogP contribution in [0.4, 0.5) is 11.8 Å². The number of hydrogen-bond acceptors (Lipinski definition) is 4. The number of allylic oxidation sites excluding steroid dienone is 1. The normalized spacial score (nSPS) is 16.2. The van der Waals surface area contributed by atoms with Crippen molar-refractivity contribution in [3.8, 4) is 11.3 Å². The zero-order valence-electron chi connectivity index (χ0n) is 11.1. The van der Waals surface area contributed by atoms with E-state index >= 15 is 0 Å². The minimum Gasteiger partial charge on any atom is -0.368 e. The van der Waals surface area contributed by atoms with E-state index in [1.54, 1.807) is 0 Å². The summed E-state index contributed by atoms with van der Waals surface area (Å²) in [6, 6.07) is 8.88. The number of nitrogen functional groups attached to an aromatic ring is 1. The Morgan fingerprint density at radius 2 is 2.10 bits per heavy atom. The number of nitrogens with two attached hydrogens (primary N) is 1. The van der Waals surface area contributed by atoms with Gasteiger partial charge in [0.1, 0.15) is 5.82 Å². The van der Waals surface area contributed by atoms with Gasteiger partial charge in [0.05, 0.1) is 5.69 Å². The third kappa shape index (κ3) is 2.03. The fraction of sp³-hybridized carbons (Fsp3) is 0.250. The Labute approximate surface area is 117 Å². The molecule has 0 unspecified atom stereocenters. The number of aromatic nitrogens is 2. The largest absolute Gasteiger partial charge is 0.368 e. The van der Waals surface area contributed by atoms with Crippen LogP contribution in [0.25, 0.3) is 17.3 Å². The molecule has 2 aromatic rings. The molecule has 4 heteroatoms. The summed E-state index contributed by atoms with van der Waals surface area (Å²) in [5.41, 5.74) is 10.5. The Morgan fingerprint density at radius 3 is 2.95 bits per heavy atom. The van der Waals surface area contributed by atoms with Crippen LogP contribution in [0.1, 0.15) is 24.0 Å². The first-order valence-electron chi connectivity index (χ1n) is 6.99. The van der Waals surface area contributed by atoms with E-state index in [1.165, 1.54) is 24.0 Å². The summed E-state index contributed by atoms with van der Waals surface area (Å²) in [6.07, 6.45) is 7.77. The molecule has 3 N–H and O–H groups in total. The topological polar surface area (TPSA) is 63.8 Å². The smallest absolute Gasteiger partial charge is 0.222 e. The van der Waals surface area contributed by atoms with E-state index in [4.69, 9.17) is 5.73 Å². The van der Waals surface area contributed by atoms with Gasteiger partial charge in [0, 0.05) is 17.7 Å². The number of nitrogens with one attached hydrogen (secondary N) is 1. The van der Waals surface area contributed by atoms with Crippen molar-refractivity contribution in [3.05, 3.63) is 41.5 Å². The molecule has 1 saturated carbocycles. The molecule has 2 aliphatic rings. The molecule has 20 heavy (non-hydrogen) atoms. The lowest BCUT2D eigenvalue weighted by molar-refractivity contribution is 1.09. The second kappa shape index (κ2) is 4.34. The highest BCUT2D eigenvalue weighted by Crippen LogP contribution is 2.32. The van der Waals surface area contributed by atoms with E-state index < -0.39 is 0 Å². The van der Waals surface area contributed by atoms with Gasteiger partial charge in [-0.3, -0.25) is 0 Å². The molecule has 0 spiro atoms.